The van der Waals surface area contributed by atoms with Crippen LogP contribution in [0.15, 0.2) is 29.0 Å². The predicted molar refractivity (Wildman–Crippen MR) is 77.8 cm³/mol. The summed E-state index contributed by atoms with van der Waals surface area (Å²) in [7, 11) is 0. The molecule has 0 atom stereocenters. The van der Waals surface area contributed by atoms with E-state index in [4.69, 9.17) is 10.3 Å². The zero-order valence-electron chi connectivity index (χ0n) is 11.3. The van der Waals surface area contributed by atoms with Crippen LogP contribution in [-0.4, -0.2) is 21.7 Å². The van der Waals surface area contributed by atoms with Crippen LogP contribution in [0.4, 0.5) is 0 Å². The number of hydrogen-bond donors (Lipinski definition) is 1. The molecule has 0 amide bonds. The van der Waals surface area contributed by atoms with Crippen LogP contribution in [0.3, 0.4) is 0 Å². The average molecular weight is 295 g/mol. The van der Waals surface area contributed by atoms with Crippen molar-refractivity contribution in [3.63, 3.8) is 0 Å². The number of halogens is 1. The molecule has 1 aliphatic carbocycles. The number of pyridine rings is 1. The van der Waals surface area contributed by atoms with Gasteiger partial charge in [0.1, 0.15) is 0 Å². The Kier molecular flexibility index (Phi) is 4.73. The molecule has 0 bridgehead atoms. The molecule has 6 heteroatoms. The second-order valence-corrected chi connectivity index (χ2v) is 5.25. The van der Waals surface area contributed by atoms with Crippen molar-refractivity contribution in [2.24, 2.45) is 5.73 Å². The lowest BCUT2D eigenvalue weighted by Gasteiger charge is -2.21. The summed E-state index contributed by atoms with van der Waals surface area (Å²) in [5.41, 5.74) is 6.93. The van der Waals surface area contributed by atoms with Gasteiger partial charge in [0, 0.05) is 25.4 Å². The maximum atomic E-state index is 5.92. The molecule has 0 saturated heterocycles. The highest BCUT2D eigenvalue weighted by Crippen LogP contribution is 2.39. The smallest absolute Gasteiger partial charge is 0.234 e. The van der Waals surface area contributed by atoms with Gasteiger partial charge in [-0.15, -0.1) is 12.4 Å². The van der Waals surface area contributed by atoms with Crippen molar-refractivity contribution in [2.45, 2.75) is 37.5 Å². The van der Waals surface area contributed by atoms with E-state index in [1.54, 1.807) is 6.20 Å². The van der Waals surface area contributed by atoms with E-state index >= 15 is 0 Å². The highest BCUT2D eigenvalue weighted by molar-refractivity contribution is 5.85. The van der Waals surface area contributed by atoms with Crippen molar-refractivity contribution in [3.8, 4) is 0 Å². The molecule has 2 aromatic heterocycles. The van der Waals surface area contributed by atoms with E-state index in [1.807, 2.05) is 18.3 Å². The molecule has 3 rings (SSSR count). The first-order valence-electron chi connectivity index (χ1n) is 6.74. The van der Waals surface area contributed by atoms with Gasteiger partial charge >= 0.3 is 0 Å². The van der Waals surface area contributed by atoms with E-state index in [0.717, 1.165) is 18.4 Å². The normalized spacial score (nSPS) is 16.9. The van der Waals surface area contributed by atoms with Crippen LogP contribution in [0.1, 0.15) is 43.0 Å². The van der Waals surface area contributed by atoms with Gasteiger partial charge in [0.05, 0.1) is 5.41 Å². The lowest BCUT2D eigenvalue weighted by molar-refractivity contribution is 0.283. The van der Waals surface area contributed by atoms with Crippen LogP contribution in [0.2, 0.25) is 0 Å². The minimum absolute atomic E-state index is 0. The van der Waals surface area contributed by atoms with Crippen molar-refractivity contribution in [1.29, 1.82) is 0 Å². The van der Waals surface area contributed by atoms with E-state index in [0.29, 0.717) is 24.7 Å². The van der Waals surface area contributed by atoms with Gasteiger partial charge in [0.25, 0.3) is 0 Å². The summed E-state index contributed by atoms with van der Waals surface area (Å²) < 4.78 is 5.45. The molecule has 108 valence electrons. The monoisotopic (exact) mass is 294 g/mol. The first kappa shape index (κ1) is 14.9. The molecule has 0 spiro atoms. The van der Waals surface area contributed by atoms with Gasteiger partial charge in [-0.2, -0.15) is 4.98 Å². The third-order valence-electron chi connectivity index (χ3n) is 3.96. The molecule has 0 aromatic carbocycles. The van der Waals surface area contributed by atoms with Gasteiger partial charge in [-0.1, -0.05) is 24.1 Å². The zero-order chi connectivity index (χ0) is 13.1. The van der Waals surface area contributed by atoms with Crippen LogP contribution in [-0.2, 0) is 11.8 Å². The topological polar surface area (TPSA) is 77.8 Å². The Bertz CT molecular complexity index is 537. The van der Waals surface area contributed by atoms with Crippen LogP contribution >= 0.6 is 12.4 Å². The molecular formula is C14H19ClN4O. The SMILES string of the molecule is Cl.NCC1(c2nc(Cc3cccnc3)no2)CCCC1. The molecule has 0 aliphatic heterocycles. The summed E-state index contributed by atoms with van der Waals surface area (Å²) in [6.07, 6.45) is 8.72. The molecule has 0 unspecified atom stereocenters. The van der Waals surface area contributed by atoms with E-state index in [2.05, 4.69) is 15.1 Å². The Balaban J connectivity index is 0.00000147. The molecule has 1 saturated carbocycles. The summed E-state index contributed by atoms with van der Waals surface area (Å²) in [4.78, 5) is 8.63. The molecule has 1 aliphatic rings. The summed E-state index contributed by atoms with van der Waals surface area (Å²) in [6.45, 7) is 0.585. The molecule has 5 nitrogen and oxygen atoms in total. The largest absolute Gasteiger partial charge is 0.339 e. The van der Waals surface area contributed by atoms with E-state index in [9.17, 15) is 0 Å². The first-order chi connectivity index (χ1) is 9.32. The second-order valence-electron chi connectivity index (χ2n) is 5.25. The van der Waals surface area contributed by atoms with E-state index < -0.39 is 0 Å². The molecule has 2 heterocycles. The zero-order valence-corrected chi connectivity index (χ0v) is 12.1. The Morgan fingerprint density at radius 2 is 2.10 bits per heavy atom. The first-order valence-corrected chi connectivity index (χ1v) is 6.74. The van der Waals surface area contributed by atoms with Gasteiger partial charge in [-0.25, -0.2) is 0 Å². The van der Waals surface area contributed by atoms with Crippen LogP contribution in [0.25, 0.3) is 0 Å². The number of nitrogens with zero attached hydrogens (tertiary/aromatic N) is 3. The predicted octanol–water partition coefficient (Wildman–Crippen LogP) is 2.25. The summed E-state index contributed by atoms with van der Waals surface area (Å²) in [5, 5.41) is 4.08. The molecular weight excluding hydrogens is 276 g/mol. The fourth-order valence-electron chi connectivity index (χ4n) is 2.78. The Morgan fingerprint density at radius 3 is 2.75 bits per heavy atom. The van der Waals surface area contributed by atoms with Crippen LogP contribution in [0.5, 0.6) is 0 Å². The Labute approximate surface area is 124 Å². The fourth-order valence-corrected chi connectivity index (χ4v) is 2.78. The number of rotatable bonds is 4. The van der Waals surface area contributed by atoms with Gasteiger partial charge < -0.3 is 10.3 Å². The lowest BCUT2D eigenvalue weighted by Crippen LogP contribution is -2.32. The molecule has 1 fully saturated rings. The van der Waals surface area contributed by atoms with Crippen LogP contribution < -0.4 is 5.73 Å². The van der Waals surface area contributed by atoms with E-state index in [-0.39, 0.29) is 17.8 Å². The highest BCUT2D eigenvalue weighted by Gasteiger charge is 2.39. The third kappa shape index (κ3) is 2.83. The fraction of sp³-hybridized carbons (Fsp3) is 0.500. The van der Waals surface area contributed by atoms with Crippen molar-refractivity contribution in [2.75, 3.05) is 6.54 Å². The van der Waals surface area contributed by atoms with Crippen molar-refractivity contribution in [1.82, 2.24) is 15.1 Å². The van der Waals surface area contributed by atoms with Crippen molar-refractivity contribution < 1.29 is 4.52 Å². The molecule has 2 aromatic rings. The quantitative estimate of drug-likeness (QED) is 0.936. The standard InChI is InChI=1S/C14H18N4O.ClH/c15-10-14(5-1-2-6-14)13-17-12(18-19-13)8-11-4-3-7-16-9-11;/h3-4,7,9H,1-2,5-6,8,10,15H2;1H. The van der Waals surface area contributed by atoms with Crippen molar-refractivity contribution >= 4 is 12.4 Å². The second kappa shape index (κ2) is 6.33. The molecule has 20 heavy (non-hydrogen) atoms. The average Bonchev–Trinajstić information content (AvgIpc) is 3.09. The number of aromatic nitrogens is 3. The molecule has 2 N–H and O–H groups in total. The maximum Gasteiger partial charge on any atom is 0.234 e. The third-order valence-corrected chi connectivity index (χ3v) is 3.96. The maximum absolute atomic E-state index is 5.92. The number of nitrogens with two attached hydrogens (primary N) is 1. The minimum atomic E-state index is -0.0831. The van der Waals surface area contributed by atoms with Crippen LogP contribution in [0, 0.1) is 0 Å². The summed E-state index contributed by atoms with van der Waals surface area (Å²) in [5.74, 6) is 1.43. The molecule has 0 radical (unpaired) electrons. The lowest BCUT2D eigenvalue weighted by atomic mass is 9.86. The summed E-state index contributed by atoms with van der Waals surface area (Å²) >= 11 is 0. The number of hydrogen-bond acceptors (Lipinski definition) is 5. The van der Waals surface area contributed by atoms with Gasteiger partial charge in [-0.05, 0) is 24.5 Å². The van der Waals surface area contributed by atoms with E-state index in [1.165, 1.54) is 12.8 Å². The Hall–Kier alpha value is -1.46. The van der Waals surface area contributed by atoms with Gasteiger partial charge in [0.15, 0.2) is 5.82 Å². The summed E-state index contributed by atoms with van der Waals surface area (Å²) in [6, 6.07) is 3.92. The van der Waals surface area contributed by atoms with Gasteiger partial charge in [0.2, 0.25) is 5.89 Å². The van der Waals surface area contributed by atoms with Gasteiger partial charge in [-0.3, -0.25) is 4.98 Å². The highest BCUT2D eigenvalue weighted by atomic mass is 35.5. The van der Waals surface area contributed by atoms with Crippen molar-refractivity contribution in [3.05, 3.63) is 41.8 Å². The minimum Gasteiger partial charge on any atom is -0.339 e. The Morgan fingerprint density at radius 1 is 1.30 bits per heavy atom.